The lowest BCUT2D eigenvalue weighted by molar-refractivity contribution is -0.134. The lowest BCUT2D eigenvalue weighted by Gasteiger charge is -2.16. The van der Waals surface area contributed by atoms with Gasteiger partial charge in [-0.3, -0.25) is 0 Å². The number of aryl methyl sites for hydroxylation is 1. The summed E-state index contributed by atoms with van der Waals surface area (Å²) in [5.41, 5.74) is 4.63. The summed E-state index contributed by atoms with van der Waals surface area (Å²) in [4.78, 5) is 12.5. The molecule has 0 saturated heterocycles. The largest absolute Gasteiger partial charge is 0.497 e. The second-order valence-corrected chi connectivity index (χ2v) is 9.40. The minimum atomic E-state index is -0.385. The zero-order valence-corrected chi connectivity index (χ0v) is 20.9. The Hall–Kier alpha value is -3.57. The fourth-order valence-electron chi connectivity index (χ4n) is 3.93. The van der Waals surface area contributed by atoms with Crippen molar-refractivity contribution in [3.63, 3.8) is 0 Å². The van der Waals surface area contributed by atoms with Crippen LogP contribution in [0.5, 0.6) is 17.2 Å². The van der Waals surface area contributed by atoms with E-state index in [0.29, 0.717) is 5.92 Å². The summed E-state index contributed by atoms with van der Waals surface area (Å²) in [6, 6.07) is 20.2. The SMILES string of the molecule is COC(=O)/C=C/c1ccc(Oc2c(-c3c(C)cccc3C(C)C)sc3cc(OC)ccc23)cc1. The predicted molar refractivity (Wildman–Crippen MR) is 140 cm³/mol. The highest BCUT2D eigenvalue weighted by molar-refractivity contribution is 7.22. The van der Waals surface area contributed by atoms with E-state index >= 15 is 0 Å². The van der Waals surface area contributed by atoms with E-state index in [9.17, 15) is 4.79 Å². The van der Waals surface area contributed by atoms with Crippen LogP contribution in [0.4, 0.5) is 0 Å². The van der Waals surface area contributed by atoms with E-state index in [-0.39, 0.29) is 5.97 Å². The summed E-state index contributed by atoms with van der Waals surface area (Å²) in [5.74, 6) is 2.39. The highest BCUT2D eigenvalue weighted by Gasteiger charge is 2.21. The van der Waals surface area contributed by atoms with Gasteiger partial charge in [-0.05, 0) is 65.9 Å². The minimum Gasteiger partial charge on any atom is -0.497 e. The molecule has 3 aromatic carbocycles. The standard InChI is InChI=1S/C29H28O4S/c1-18(2)23-8-6-7-19(3)27(23)29-28(24-15-14-22(31-4)17-25(24)34-29)33-21-12-9-20(10-13-21)11-16-26(30)32-5/h6-18H,1-5H3/b16-11+. The first-order chi connectivity index (χ1) is 16.4. The molecule has 0 amide bonds. The van der Waals surface area contributed by atoms with Gasteiger partial charge in [0, 0.05) is 21.7 Å². The van der Waals surface area contributed by atoms with Gasteiger partial charge >= 0.3 is 5.97 Å². The number of rotatable bonds is 7. The van der Waals surface area contributed by atoms with Gasteiger partial charge in [-0.1, -0.05) is 44.2 Å². The van der Waals surface area contributed by atoms with Crippen LogP contribution in [0, 0.1) is 6.92 Å². The van der Waals surface area contributed by atoms with E-state index < -0.39 is 0 Å². The molecule has 0 saturated carbocycles. The molecule has 0 bridgehead atoms. The molecule has 1 heterocycles. The number of thiophene rings is 1. The fourth-order valence-corrected chi connectivity index (χ4v) is 5.22. The Morgan fingerprint density at radius 3 is 2.38 bits per heavy atom. The Kier molecular flexibility index (Phi) is 7.03. The molecule has 5 heteroatoms. The molecular weight excluding hydrogens is 444 g/mol. The molecule has 0 aliphatic rings. The van der Waals surface area contributed by atoms with Crippen molar-refractivity contribution in [2.45, 2.75) is 26.7 Å². The first-order valence-corrected chi connectivity index (χ1v) is 12.0. The zero-order valence-electron chi connectivity index (χ0n) is 20.0. The molecule has 0 fully saturated rings. The Labute approximate surface area is 204 Å². The third-order valence-electron chi connectivity index (χ3n) is 5.72. The van der Waals surface area contributed by atoms with Gasteiger partial charge in [-0.2, -0.15) is 0 Å². The van der Waals surface area contributed by atoms with Crippen LogP contribution in [-0.2, 0) is 9.53 Å². The number of carbonyl (C=O) groups excluding carboxylic acids is 1. The van der Waals surface area contributed by atoms with E-state index in [4.69, 9.17) is 9.47 Å². The molecule has 0 aliphatic carbocycles. The average molecular weight is 473 g/mol. The van der Waals surface area contributed by atoms with Crippen LogP contribution in [-0.4, -0.2) is 20.2 Å². The number of methoxy groups -OCH3 is 2. The maximum atomic E-state index is 11.4. The molecule has 0 N–H and O–H groups in total. The molecular formula is C29H28O4S. The molecule has 174 valence electrons. The monoisotopic (exact) mass is 472 g/mol. The van der Waals surface area contributed by atoms with Crippen molar-refractivity contribution in [1.29, 1.82) is 0 Å². The Morgan fingerprint density at radius 2 is 1.71 bits per heavy atom. The van der Waals surface area contributed by atoms with Crippen molar-refractivity contribution in [2.24, 2.45) is 0 Å². The number of carbonyl (C=O) groups is 1. The molecule has 0 atom stereocenters. The molecule has 0 radical (unpaired) electrons. The topological polar surface area (TPSA) is 44.8 Å². The number of ether oxygens (including phenoxy) is 3. The summed E-state index contributed by atoms with van der Waals surface area (Å²) in [6.07, 6.45) is 3.12. The van der Waals surface area contributed by atoms with Gasteiger partial charge < -0.3 is 14.2 Å². The summed E-state index contributed by atoms with van der Waals surface area (Å²) < 4.78 is 17.8. The average Bonchev–Trinajstić information content (AvgIpc) is 3.19. The van der Waals surface area contributed by atoms with Crippen molar-refractivity contribution in [3.8, 4) is 27.7 Å². The quantitative estimate of drug-likeness (QED) is 0.202. The summed E-state index contributed by atoms with van der Waals surface area (Å²) >= 11 is 1.72. The van der Waals surface area contributed by atoms with Crippen LogP contribution in [0.15, 0.2) is 66.7 Å². The van der Waals surface area contributed by atoms with E-state index in [1.54, 1.807) is 24.5 Å². The van der Waals surface area contributed by atoms with E-state index in [0.717, 1.165) is 37.8 Å². The fraction of sp³-hybridized carbons (Fsp3) is 0.207. The normalized spacial score (nSPS) is 11.4. The highest BCUT2D eigenvalue weighted by Crippen LogP contribution is 2.49. The molecule has 0 unspecified atom stereocenters. The van der Waals surface area contributed by atoms with Gasteiger partial charge in [-0.15, -0.1) is 11.3 Å². The Morgan fingerprint density at radius 1 is 0.971 bits per heavy atom. The van der Waals surface area contributed by atoms with Crippen LogP contribution in [0.1, 0.15) is 36.5 Å². The van der Waals surface area contributed by atoms with Crippen LogP contribution in [0.2, 0.25) is 0 Å². The number of benzene rings is 3. The first-order valence-electron chi connectivity index (χ1n) is 11.2. The molecule has 0 spiro atoms. The molecule has 4 rings (SSSR count). The minimum absolute atomic E-state index is 0.378. The second kappa shape index (κ2) is 10.1. The third-order valence-corrected chi connectivity index (χ3v) is 6.87. The van der Waals surface area contributed by atoms with Crippen molar-refractivity contribution in [1.82, 2.24) is 0 Å². The van der Waals surface area contributed by atoms with Crippen LogP contribution < -0.4 is 9.47 Å². The Balaban J connectivity index is 1.81. The highest BCUT2D eigenvalue weighted by atomic mass is 32.1. The van der Waals surface area contributed by atoms with Gasteiger partial charge in [-0.25, -0.2) is 4.79 Å². The molecule has 34 heavy (non-hydrogen) atoms. The third kappa shape index (κ3) is 4.85. The zero-order chi connectivity index (χ0) is 24.2. The van der Waals surface area contributed by atoms with Gasteiger partial charge in [0.05, 0.1) is 19.1 Å². The van der Waals surface area contributed by atoms with Crippen molar-refractivity contribution < 1.29 is 19.0 Å². The maximum Gasteiger partial charge on any atom is 0.330 e. The van der Waals surface area contributed by atoms with Gasteiger partial charge in [0.25, 0.3) is 0 Å². The first kappa shape index (κ1) is 23.6. The van der Waals surface area contributed by atoms with Crippen molar-refractivity contribution in [3.05, 3.63) is 83.4 Å². The predicted octanol–water partition coefficient (Wildman–Crippen LogP) is 7.99. The summed E-state index contributed by atoms with van der Waals surface area (Å²) in [6.45, 7) is 6.59. The molecule has 1 aromatic heterocycles. The maximum absolute atomic E-state index is 11.4. The smallest absolute Gasteiger partial charge is 0.330 e. The van der Waals surface area contributed by atoms with Gasteiger partial charge in [0.2, 0.25) is 0 Å². The lowest BCUT2D eigenvalue weighted by atomic mass is 9.92. The molecule has 4 aromatic rings. The molecule has 4 nitrogen and oxygen atoms in total. The summed E-state index contributed by atoms with van der Waals surface area (Å²) in [5, 5.41) is 1.05. The van der Waals surface area contributed by atoms with Crippen LogP contribution in [0.25, 0.3) is 26.6 Å². The van der Waals surface area contributed by atoms with E-state index in [1.807, 2.05) is 30.3 Å². The second-order valence-electron chi connectivity index (χ2n) is 8.34. The van der Waals surface area contributed by atoms with Gasteiger partial charge in [0.15, 0.2) is 5.75 Å². The van der Waals surface area contributed by atoms with E-state index in [2.05, 4.69) is 55.8 Å². The molecule has 0 aliphatic heterocycles. The summed E-state index contributed by atoms with van der Waals surface area (Å²) in [7, 11) is 3.04. The lowest BCUT2D eigenvalue weighted by Crippen LogP contribution is -1.95. The van der Waals surface area contributed by atoms with Crippen LogP contribution in [0.3, 0.4) is 0 Å². The van der Waals surface area contributed by atoms with E-state index in [1.165, 1.54) is 29.9 Å². The van der Waals surface area contributed by atoms with Crippen molar-refractivity contribution in [2.75, 3.05) is 14.2 Å². The Bertz CT molecular complexity index is 1350. The number of hydrogen-bond acceptors (Lipinski definition) is 5. The van der Waals surface area contributed by atoms with Crippen molar-refractivity contribution >= 4 is 33.5 Å². The van der Waals surface area contributed by atoms with Gasteiger partial charge in [0.1, 0.15) is 11.5 Å². The number of fused-ring (bicyclic) bond motifs is 1. The van der Waals surface area contributed by atoms with Crippen LogP contribution >= 0.6 is 11.3 Å². The number of esters is 1. The number of hydrogen-bond donors (Lipinski definition) is 0.